The van der Waals surface area contributed by atoms with E-state index in [1.54, 1.807) is 0 Å². The van der Waals surface area contributed by atoms with Crippen molar-refractivity contribution in [2.24, 2.45) is 0 Å². The highest BCUT2D eigenvalue weighted by Gasteiger charge is 2.29. The Kier molecular flexibility index (Phi) is 4.02. The molecule has 4 N–H and O–H groups in total. The lowest BCUT2D eigenvalue weighted by molar-refractivity contribution is 0.0831. The van der Waals surface area contributed by atoms with E-state index in [1.165, 1.54) is 0 Å². The first-order valence-electron chi connectivity index (χ1n) is 3.76. The first-order valence-corrected chi connectivity index (χ1v) is 4.87. The summed E-state index contributed by atoms with van der Waals surface area (Å²) in [7, 11) is 0. The predicted molar refractivity (Wildman–Crippen MR) is 52.5 cm³/mol. The minimum atomic E-state index is -1.22. The van der Waals surface area contributed by atoms with Gasteiger partial charge in [0.1, 0.15) is 5.54 Å². The number of nitrogens with one attached hydrogen (secondary N) is 1. The molecule has 1 aromatic rings. The molecule has 0 aliphatic heterocycles. The van der Waals surface area contributed by atoms with Crippen molar-refractivity contribution in [3.8, 4) is 0 Å². The van der Waals surface area contributed by atoms with Crippen molar-refractivity contribution in [1.29, 1.82) is 0 Å². The maximum absolute atomic E-state index is 9.00. The zero-order valence-electron chi connectivity index (χ0n) is 7.14. The molecule has 1 heterocycles. The molecule has 80 valence electrons. The smallest absolute Gasteiger partial charge is 0.186 e. The average Bonchev–Trinajstić information content (AvgIpc) is 2.61. The van der Waals surface area contributed by atoms with Gasteiger partial charge >= 0.3 is 0 Å². The van der Waals surface area contributed by atoms with E-state index in [1.807, 2.05) is 0 Å². The fraction of sp³-hybridized carbons (Fsp3) is 0.667. The number of halogens is 1. The van der Waals surface area contributed by atoms with Crippen LogP contribution in [0.1, 0.15) is 0 Å². The third kappa shape index (κ3) is 2.31. The Bertz CT molecular complexity index is 283. The molecular weight excluding hydrogens is 230 g/mol. The number of rotatable bonds is 5. The Morgan fingerprint density at radius 1 is 1.21 bits per heavy atom. The molecule has 0 spiro atoms. The van der Waals surface area contributed by atoms with Gasteiger partial charge in [0.15, 0.2) is 11.0 Å². The summed E-state index contributed by atoms with van der Waals surface area (Å²) in [5.41, 5.74) is -1.22. The van der Waals surface area contributed by atoms with Gasteiger partial charge in [-0.3, -0.25) is 0 Å². The molecule has 0 atom stereocenters. The molecule has 14 heavy (non-hydrogen) atoms. The average molecular weight is 240 g/mol. The van der Waals surface area contributed by atoms with E-state index in [2.05, 4.69) is 14.1 Å². The summed E-state index contributed by atoms with van der Waals surface area (Å²) in [6, 6.07) is 0. The Hall–Kier alpha value is -0.470. The Labute approximate surface area is 89.5 Å². The summed E-state index contributed by atoms with van der Waals surface area (Å²) in [6.07, 6.45) is 0. The molecule has 1 rings (SSSR count). The minimum absolute atomic E-state index is 0.148. The SMILES string of the molecule is OCC(CO)(CO)Nc1nsnc1Cl. The monoisotopic (exact) mass is 239 g/mol. The number of hydrogen-bond donors (Lipinski definition) is 4. The molecule has 8 heteroatoms. The topological polar surface area (TPSA) is 98.5 Å². The van der Waals surface area contributed by atoms with Crippen LogP contribution in [0.2, 0.25) is 5.15 Å². The Balaban J connectivity index is 2.79. The van der Waals surface area contributed by atoms with Crippen molar-refractivity contribution < 1.29 is 15.3 Å². The zero-order valence-corrected chi connectivity index (χ0v) is 8.72. The van der Waals surface area contributed by atoms with Crippen molar-refractivity contribution in [3.05, 3.63) is 5.15 Å². The van der Waals surface area contributed by atoms with Crippen LogP contribution in [-0.4, -0.2) is 49.4 Å². The summed E-state index contributed by atoms with van der Waals surface area (Å²) in [4.78, 5) is 0. The Morgan fingerprint density at radius 3 is 2.14 bits per heavy atom. The summed E-state index contributed by atoms with van der Waals surface area (Å²) in [6.45, 7) is -1.31. The summed E-state index contributed by atoms with van der Waals surface area (Å²) >= 11 is 6.55. The van der Waals surface area contributed by atoms with Crippen LogP contribution in [0.15, 0.2) is 0 Å². The van der Waals surface area contributed by atoms with E-state index in [-0.39, 0.29) is 11.0 Å². The largest absolute Gasteiger partial charge is 0.394 e. The molecule has 0 saturated carbocycles. The number of aliphatic hydroxyl groups is 3. The normalized spacial score (nSPS) is 11.7. The number of aromatic nitrogens is 2. The molecule has 0 aliphatic carbocycles. The summed E-state index contributed by atoms with van der Waals surface area (Å²) in [5, 5.41) is 29.8. The highest BCUT2D eigenvalue weighted by molar-refractivity contribution is 6.99. The van der Waals surface area contributed by atoms with E-state index >= 15 is 0 Å². The fourth-order valence-corrected chi connectivity index (χ4v) is 1.42. The summed E-state index contributed by atoms with van der Waals surface area (Å²) in [5.74, 6) is 0.244. The van der Waals surface area contributed by atoms with Crippen LogP contribution in [0.4, 0.5) is 5.82 Å². The van der Waals surface area contributed by atoms with Gasteiger partial charge in [0.05, 0.1) is 31.5 Å². The number of nitrogens with zero attached hydrogens (tertiary/aromatic N) is 2. The lowest BCUT2D eigenvalue weighted by Gasteiger charge is -2.28. The number of hydrogen-bond acceptors (Lipinski definition) is 7. The Morgan fingerprint density at radius 2 is 1.79 bits per heavy atom. The second-order valence-electron chi connectivity index (χ2n) is 2.78. The van der Waals surface area contributed by atoms with Crippen LogP contribution in [-0.2, 0) is 0 Å². The number of aliphatic hydroxyl groups excluding tert-OH is 3. The van der Waals surface area contributed by atoms with E-state index in [4.69, 9.17) is 26.9 Å². The molecule has 0 aliphatic rings. The molecule has 0 bridgehead atoms. The third-order valence-corrected chi connectivity index (χ3v) is 2.63. The van der Waals surface area contributed by atoms with Gasteiger partial charge in [-0.25, -0.2) is 0 Å². The van der Waals surface area contributed by atoms with Crippen molar-refractivity contribution in [3.63, 3.8) is 0 Å². The maximum atomic E-state index is 9.00. The van der Waals surface area contributed by atoms with Crippen LogP contribution >= 0.6 is 23.3 Å². The first-order chi connectivity index (χ1) is 6.67. The lowest BCUT2D eigenvalue weighted by atomic mass is 10.0. The van der Waals surface area contributed by atoms with Crippen molar-refractivity contribution in [1.82, 2.24) is 8.75 Å². The molecule has 1 aromatic heterocycles. The van der Waals surface area contributed by atoms with E-state index < -0.39 is 25.4 Å². The molecule has 0 saturated heterocycles. The quantitative estimate of drug-likeness (QED) is 0.544. The van der Waals surface area contributed by atoms with E-state index in [0.717, 1.165) is 11.7 Å². The van der Waals surface area contributed by atoms with Crippen LogP contribution in [0.25, 0.3) is 0 Å². The second kappa shape index (κ2) is 4.85. The fourth-order valence-electron chi connectivity index (χ4n) is 0.772. The highest BCUT2D eigenvalue weighted by Crippen LogP contribution is 2.21. The van der Waals surface area contributed by atoms with E-state index in [9.17, 15) is 0 Å². The molecule has 0 fully saturated rings. The first kappa shape index (κ1) is 11.6. The van der Waals surface area contributed by atoms with Gasteiger partial charge in [-0.1, -0.05) is 11.6 Å². The lowest BCUT2D eigenvalue weighted by Crippen LogP contribution is -2.49. The van der Waals surface area contributed by atoms with Gasteiger partial charge in [0, 0.05) is 0 Å². The van der Waals surface area contributed by atoms with E-state index in [0.29, 0.717) is 0 Å². The van der Waals surface area contributed by atoms with Gasteiger partial charge in [-0.2, -0.15) is 8.75 Å². The molecule has 0 radical (unpaired) electrons. The molecular formula is C6H10ClN3O3S. The minimum Gasteiger partial charge on any atom is -0.394 e. The van der Waals surface area contributed by atoms with Gasteiger partial charge in [-0.15, -0.1) is 0 Å². The second-order valence-corrected chi connectivity index (χ2v) is 3.67. The predicted octanol–water partition coefficient (Wildman–Crippen LogP) is -0.681. The van der Waals surface area contributed by atoms with Crippen LogP contribution < -0.4 is 5.32 Å². The van der Waals surface area contributed by atoms with Crippen LogP contribution in [0, 0.1) is 0 Å². The van der Waals surface area contributed by atoms with Crippen molar-refractivity contribution in [2.45, 2.75) is 5.54 Å². The van der Waals surface area contributed by atoms with Crippen molar-refractivity contribution >= 4 is 29.1 Å². The van der Waals surface area contributed by atoms with Gasteiger partial charge in [0.25, 0.3) is 0 Å². The van der Waals surface area contributed by atoms with Gasteiger partial charge in [-0.05, 0) is 0 Å². The number of anilines is 1. The molecule has 0 aromatic carbocycles. The molecule has 0 amide bonds. The zero-order chi connectivity index (χ0) is 10.6. The highest BCUT2D eigenvalue weighted by atomic mass is 35.5. The maximum Gasteiger partial charge on any atom is 0.186 e. The summed E-state index contributed by atoms with van der Waals surface area (Å²) < 4.78 is 7.49. The molecule has 6 nitrogen and oxygen atoms in total. The van der Waals surface area contributed by atoms with Gasteiger partial charge in [0.2, 0.25) is 0 Å². The third-order valence-electron chi connectivity index (χ3n) is 1.74. The van der Waals surface area contributed by atoms with Crippen molar-refractivity contribution in [2.75, 3.05) is 25.1 Å². The molecule has 0 unspecified atom stereocenters. The standard InChI is InChI=1S/C6H10ClN3O3S/c7-4-5(10-14-9-4)8-6(1-11,2-12)3-13/h11-13H,1-3H2,(H,8,10). The van der Waals surface area contributed by atoms with Crippen LogP contribution in [0.3, 0.4) is 0 Å². The van der Waals surface area contributed by atoms with Gasteiger partial charge < -0.3 is 20.6 Å². The van der Waals surface area contributed by atoms with Crippen LogP contribution in [0.5, 0.6) is 0 Å².